The van der Waals surface area contributed by atoms with Gasteiger partial charge in [0.05, 0.1) is 6.04 Å². The number of hydrazine groups is 1. The molecular weight excluding hydrogens is 235 g/mol. The van der Waals surface area contributed by atoms with Crippen LogP contribution in [0.3, 0.4) is 0 Å². The first-order valence-corrected chi connectivity index (χ1v) is 6.28. The Hall–Kier alpha value is -1.23. The summed E-state index contributed by atoms with van der Waals surface area (Å²) in [4.78, 5) is 1.15. The fraction of sp³-hybridized carbons (Fsp3) is 0.231. The molecule has 2 nitrogen and oxygen atoms in total. The van der Waals surface area contributed by atoms with E-state index in [1.807, 2.05) is 24.4 Å². The Morgan fingerprint density at radius 3 is 2.59 bits per heavy atom. The molecule has 0 aliphatic heterocycles. The second kappa shape index (κ2) is 4.96. The van der Waals surface area contributed by atoms with Crippen molar-refractivity contribution < 1.29 is 4.39 Å². The number of nitrogens with one attached hydrogen (secondary N) is 1. The van der Waals surface area contributed by atoms with Gasteiger partial charge in [0.25, 0.3) is 0 Å². The third-order valence-corrected chi connectivity index (χ3v) is 3.77. The summed E-state index contributed by atoms with van der Waals surface area (Å²) in [5.74, 6) is 5.38. The van der Waals surface area contributed by atoms with Crippen molar-refractivity contribution in [2.24, 2.45) is 5.84 Å². The van der Waals surface area contributed by atoms with E-state index < -0.39 is 0 Å². The van der Waals surface area contributed by atoms with Crippen molar-refractivity contribution >= 4 is 11.3 Å². The Morgan fingerprint density at radius 1 is 1.24 bits per heavy atom. The average molecular weight is 250 g/mol. The second-order valence-corrected chi connectivity index (χ2v) is 5.13. The van der Waals surface area contributed by atoms with E-state index in [4.69, 9.17) is 5.84 Å². The van der Waals surface area contributed by atoms with Crippen LogP contribution in [0.15, 0.2) is 29.6 Å². The van der Waals surface area contributed by atoms with Crippen LogP contribution in [-0.4, -0.2) is 0 Å². The van der Waals surface area contributed by atoms with Gasteiger partial charge >= 0.3 is 0 Å². The highest BCUT2D eigenvalue weighted by Gasteiger charge is 2.19. The van der Waals surface area contributed by atoms with Crippen molar-refractivity contribution in [3.05, 3.63) is 57.0 Å². The molecular formula is C13H15FN2S. The molecule has 0 saturated heterocycles. The molecule has 1 heterocycles. The highest BCUT2D eigenvalue weighted by atomic mass is 32.1. The summed E-state index contributed by atoms with van der Waals surface area (Å²) in [5.41, 5.74) is 4.95. The molecule has 1 atom stereocenters. The molecule has 1 aromatic carbocycles. The van der Waals surface area contributed by atoms with E-state index in [1.54, 1.807) is 30.4 Å². The molecule has 2 rings (SSSR count). The third kappa shape index (κ3) is 2.24. The Bertz CT molecular complexity index is 522. The number of rotatable bonds is 3. The van der Waals surface area contributed by atoms with E-state index in [0.29, 0.717) is 11.1 Å². The van der Waals surface area contributed by atoms with Crippen LogP contribution in [0.2, 0.25) is 0 Å². The van der Waals surface area contributed by atoms with Crippen LogP contribution in [0, 0.1) is 19.7 Å². The quantitative estimate of drug-likeness (QED) is 0.649. The lowest BCUT2D eigenvalue weighted by atomic mass is 9.98. The molecule has 0 aliphatic carbocycles. The predicted octanol–water partition coefficient (Wildman–Crippen LogP) is 3.06. The number of benzene rings is 1. The Balaban J connectivity index is 2.50. The average Bonchev–Trinajstić information content (AvgIpc) is 2.72. The van der Waals surface area contributed by atoms with Crippen LogP contribution < -0.4 is 11.3 Å². The zero-order chi connectivity index (χ0) is 12.4. The zero-order valence-corrected chi connectivity index (χ0v) is 10.6. The van der Waals surface area contributed by atoms with Crippen molar-refractivity contribution in [1.29, 1.82) is 0 Å². The lowest BCUT2D eigenvalue weighted by Gasteiger charge is -2.18. The number of thiophene rings is 1. The maximum Gasteiger partial charge on any atom is 0.131 e. The first-order chi connectivity index (χ1) is 8.15. The van der Waals surface area contributed by atoms with Gasteiger partial charge in [-0.3, -0.25) is 5.84 Å². The number of hydrogen-bond acceptors (Lipinski definition) is 3. The van der Waals surface area contributed by atoms with Crippen molar-refractivity contribution in [2.45, 2.75) is 19.9 Å². The van der Waals surface area contributed by atoms with Crippen molar-refractivity contribution in [2.75, 3.05) is 0 Å². The summed E-state index contributed by atoms with van der Waals surface area (Å²) in [6.45, 7) is 3.77. The number of nitrogens with two attached hydrogens (primary N) is 1. The minimum atomic E-state index is -0.291. The first-order valence-electron chi connectivity index (χ1n) is 5.40. The number of hydrogen-bond donors (Lipinski definition) is 2. The zero-order valence-electron chi connectivity index (χ0n) is 9.83. The molecule has 1 unspecified atom stereocenters. The van der Waals surface area contributed by atoms with Gasteiger partial charge in [0.15, 0.2) is 0 Å². The molecule has 0 radical (unpaired) electrons. The van der Waals surface area contributed by atoms with Crippen molar-refractivity contribution in [3.63, 3.8) is 0 Å². The standard InChI is InChI=1S/C13H15FN2S/c1-8-4-3-5-11(12(8)14)13(16-15)10-6-7-17-9(10)2/h3-7,13,16H,15H2,1-2H3. The molecule has 0 fully saturated rings. The minimum Gasteiger partial charge on any atom is -0.271 e. The van der Waals surface area contributed by atoms with Gasteiger partial charge in [-0.2, -0.15) is 0 Å². The van der Waals surface area contributed by atoms with Crippen LogP contribution >= 0.6 is 11.3 Å². The van der Waals surface area contributed by atoms with E-state index in [9.17, 15) is 4.39 Å². The van der Waals surface area contributed by atoms with E-state index >= 15 is 0 Å². The van der Waals surface area contributed by atoms with Gasteiger partial charge in [-0.05, 0) is 36.4 Å². The molecule has 0 bridgehead atoms. The summed E-state index contributed by atoms with van der Waals surface area (Å²) in [7, 11) is 0. The Morgan fingerprint density at radius 2 is 2.00 bits per heavy atom. The summed E-state index contributed by atoms with van der Waals surface area (Å²) >= 11 is 1.63. The smallest absolute Gasteiger partial charge is 0.131 e. The van der Waals surface area contributed by atoms with Crippen molar-refractivity contribution in [1.82, 2.24) is 5.43 Å². The molecule has 4 heteroatoms. The van der Waals surface area contributed by atoms with Gasteiger partial charge in [0.1, 0.15) is 5.82 Å². The van der Waals surface area contributed by atoms with Gasteiger partial charge in [0, 0.05) is 10.4 Å². The molecule has 17 heavy (non-hydrogen) atoms. The van der Waals surface area contributed by atoms with Crippen LogP contribution in [0.4, 0.5) is 4.39 Å². The maximum absolute atomic E-state index is 14.1. The second-order valence-electron chi connectivity index (χ2n) is 4.01. The largest absolute Gasteiger partial charge is 0.271 e. The normalized spacial score (nSPS) is 12.7. The van der Waals surface area contributed by atoms with E-state index in [1.165, 1.54) is 0 Å². The number of aryl methyl sites for hydroxylation is 2. The van der Waals surface area contributed by atoms with Crippen molar-refractivity contribution in [3.8, 4) is 0 Å². The van der Waals surface area contributed by atoms with Gasteiger partial charge in [-0.15, -0.1) is 11.3 Å². The molecule has 0 spiro atoms. The fourth-order valence-corrected chi connectivity index (χ4v) is 2.68. The summed E-state index contributed by atoms with van der Waals surface area (Å²) < 4.78 is 14.1. The van der Waals surface area contributed by atoms with Crippen LogP contribution in [-0.2, 0) is 0 Å². The molecule has 1 aromatic heterocycles. The highest BCUT2D eigenvalue weighted by Crippen LogP contribution is 2.29. The molecule has 90 valence electrons. The predicted molar refractivity (Wildman–Crippen MR) is 69.4 cm³/mol. The summed E-state index contributed by atoms with van der Waals surface area (Å²) in [5, 5.41) is 1.99. The molecule has 2 aromatic rings. The molecule has 3 N–H and O–H groups in total. The van der Waals surface area contributed by atoms with Gasteiger partial charge in [0.2, 0.25) is 0 Å². The van der Waals surface area contributed by atoms with Gasteiger partial charge < -0.3 is 0 Å². The molecule has 0 saturated carbocycles. The minimum absolute atomic E-state index is 0.193. The highest BCUT2D eigenvalue weighted by molar-refractivity contribution is 7.10. The van der Waals surface area contributed by atoms with Crippen LogP contribution in [0.5, 0.6) is 0 Å². The SMILES string of the molecule is Cc1cccc(C(NN)c2ccsc2C)c1F. The van der Waals surface area contributed by atoms with E-state index in [0.717, 1.165) is 10.4 Å². The van der Waals surface area contributed by atoms with E-state index in [-0.39, 0.29) is 11.9 Å². The van der Waals surface area contributed by atoms with Crippen LogP contribution in [0.25, 0.3) is 0 Å². The fourth-order valence-electron chi connectivity index (χ4n) is 1.93. The third-order valence-electron chi connectivity index (χ3n) is 2.91. The topological polar surface area (TPSA) is 38.0 Å². The maximum atomic E-state index is 14.1. The van der Waals surface area contributed by atoms with Gasteiger partial charge in [-0.25, -0.2) is 9.82 Å². The molecule has 0 amide bonds. The number of halogens is 1. The Kier molecular flexibility index (Phi) is 3.57. The summed E-state index contributed by atoms with van der Waals surface area (Å²) in [6, 6.07) is 7.06. The van der Waals surface area contributed by atoms with E-state index in [2.05, 4.69) is 5.43 Å². The van der Waals surface area contributed by atoms with Crippen LogP contribution in [0.1, 0.15) is 27.6 Å². The first kappa shape index (κ1) is 12.2. The summed E-state index contributed by atoms with van der Waals surface area (Å²) in [6.07, 6.45) is 0. The lowest BCUT2D eigenvalue weighted by Crippen LogP contribution is -2.29. The lowest BCUT2D eigenvalue weighted by molar-refractivity contribution is 0.554. The monoisotopic (exact) mass is 250 g/mol. The van der Waals surface area contributed by atoms with Gasteiger partial charge in [-0.1, -0.05) is 18.2 Å². The Labute approximate surface area is 104 Å². The molecule has 0 aliphatic rings.